The highest BCUT2D eigenvalue weighted by atomic mass is 32.2. The number of hydrogen-bond acceptors (Lipinski definition) is 7. The average Bonchev–Trinajstić information content (AvgIpc) is 3.15. The minimum absolute atomic E-state index is 0.145. The van der Waals surface area contributed by atoms with E-state index in [1.54, 1.807) is 6.92 Å². The van der Waals surface area contributed by atoms with Gasteiger partial charge in [-0.05, 0) is 37.8 Å². The van der Waals surface area contributed by atoms with E-state index < -0.39 is 31.5 Å². The molecule has 2 aromatic rings. The highest BCUT2D eigenvalue weighted by molar-refractivity contribution is 7.93. The van der Waals surface area contributed by atoms with Gasteiger partial charge in [-0.25, -0.2) is 13.2 Å². The van der Waals surface area contributed by atoms with Crippen LogP contribution in [0.5, 0.6) is 0 Å². The Morgan fingerprint density at radius 1 is 1.35 bits per heavy atom. The molecule has 0 saturated carbocycles. The number of esters is 1. The quantitative estimate of drug-likeness (QED) is 0.456. The maximum absolute atomic E-state index is 12.7. The second-order valence-corrected chi connectivity index (χ2v) is 8.37. The van der Waals surface area contributed by atoms with Crippen molar-refractivity contribution in [2.45, 2.75) is 31.1 Å². The number of fused-ring (bicyclic) bond motifs is 1. The predicted molar refractivity (Wildman–Crippen MR) is 96.2 cm³/mol. The van der Waals surface area contributed by atoms with Crippen molar-refractivity contribution in [2.24, 2.45) is 0 Å². The number of carbonyl (C=O) groups is 1. The minimum atomic E-state index is -4.24. The molecule has 1 aliphatic carbocycles. The zero-order valence-electron chi connectivity index (χ0n) is 13.9. The molecule has 138 valence electrons. The van der Waals surface area contributed by atoms with E-state index in [-0.39, 0.29) is 17.2 Å². The Labute approximate surface area is 154 Å². The van der Waals surface area contributed by atoms with Crippen LogP contribution < -0.4 is 4.72 Å². The molecule has 0 fully saturated rings. The van der Waals surface area contributed by atoms with Crippen molar-refractivity contribution in [3.05, 3.63) is 50.4 Å². The van der Waals surface area contributed by atoms with Gasteiger partial charge in [-0.1, -0.05) is 12.1 Å². The maximum atomic E-state index is 12.7. The zero-order chi connectivity index (χ0) is 18.9. The van der Waals surface area contributed by atoms with Crippen LogP contribution in [0, 0.1) is 10.1 Å². The fourth-order valence-electron chi connectivity index (χ4n) is 2.91. The van der Waals surface area contributed by atoms with Crippen molar-refractivity contribution >= 4 is 38.0 Å². The fourth-order valence-corrected chi connectivity index (χ4v) is 5.66. The lowest BCUT2D eigenvalue weighted by Crippen LogP contribution is -2.17. The molecule has 0 saturated heterocycles. The number of nitro groups is 1. The molecule has 0 atom stereocenters. The van der Waals surface area contributed by atoms with Gasteiger partial charge in [-0.2, -0.15) is 0 Å². The van der Waals surface area contributed by atoms with Crippen molar-refractivity contribution < 1.29 is 22.9 Å². The second kappa shape index (κ2) is 7.04. The van der Waals surface area contributed by atoms with Crippen LogP contribution in [-0.2, 0) is 27.6 Å². The first kappa shape index (κ1) is 18.3. The number of anilines is 1. The summed E-state index contributed by atoms with van der Waals surface area (Å²) in [6.45, 7) is 1.83. The zero-order valence-corrected chi connectivity index (χ0v) is 15.5. The standard InChI is InChI=1S/C16H16N2O6S2/c1-2-24-16(19)14-10-6-5-8-12(10)25-15(14)17-26(22,23)13-9-4-3-7-11(13)18(20)21/h3-4,7,9,17H,2,5-6,8H2,1H3. The first-order chi connectivity index (χ1) is 12.3. The Morgan fingerprint density at radius 2 is 2.08 bits per heavy atom. The van der Waals surface area contributed by atoms with Gasteiger partial charge in [0, 0.05) is 10.9 Å². The molecule has 0 bridgehead atoms. The molecule has 0 aliphatic heterocycles. The van der Waals surface area contributed by atoms with E-state index in [4.69, 9.17) is 4.74 Å². The van der Waals surface area contributed by atoms with Crippen LogP contribution in [0.1, 0.15) is 34.1 Å². The van der Waals surface area contributed by atoms with Crippen molar-refractivity contribution in [1.82, 2.24) is 0 Å². The molecular weight excluding hydrogens is 380 g/mol. The number of rotatable bonds is 6. The summed E-state index contributed by atoms with van der Waals surface area (Å²) < 4.78 is 32.9. The van der Waals surface area contributed by atoms with Crippen molar-refractivity contribution in [1.29, 1.82) is 0 Å². The van der Waals surface area contributed by atoms with E-state index >= 15 is 0 Å². The molecule has 10 heteroatoms. The highest BCUT2D eigenvalue weighted by Gasteiger charge is 2.32. The number of thiophene rings is 1. The summed E-state index contributed by atoms with van der Waals surface area (Å²) in [5.74, 6) is -0.591. The van der Waals surface area contributed by atoms with Crippen LogP contribution in [0.4, 0.5) is 10.7 Å². The lowest BCUT2D eigenvalue weighted by molar-refractivity contribution is -0.387. The van der Waals surface area contributed by atoms with Crippen LogP contribution >= 0.6 is 11.3 Å². The van der Waals surface area contributed by atoms with Crippen LogP contribution in [0.2, 0.25) is 0 Å². The second-order valence-electron chi connectivity index (χ2n) is 5.61. The SMILES string of the molecule is CCOC(=O)c1c(NS(=O)(=O)c2ccccc2[N+](=O)[O-])sc2c1CCC2. The Bertz CT molecular complexity index is 981. The molecule has 0 unspecified atom stereocenters. The number of benzene rings is 1. The van der Waals surface area contributed by atoms with Crippen molar-refractivity contribution in [3.63, 3.8) is 0 Å². The summed E-state index contributed by atoms with van der Waals surface area (Å²) in [6, 6.07) is 5.07. The molecule has 0 radical (unpaired) electrons. The number of hydrogen-bond donors (Lipinski definition) is 1. The maximum Gasteiger partial charge on any atom is 0.341 e. The van der Waals surface area contributed by atoms with Gasteiger partial charge in [0.05, 0.1) is 17.1 Å². The molecule has 26 heavy (non-hydrogen) atoms. The largest absolute Gasteiger partial charge is 0.462 e. The van der Waals surface area contributed by atoms with E-state index in [0.717, 1.165) is 35.4 Å². The van der Waals surface area contributed by atoms with E-state index in [0.29, 0.717) is 6.42 Å². The summed E-state index contributed by atoms with van der Waals surface area (Å²) in [6.07, 6.45) is 2.33. The van der Waals surface area contributed by atoms with Gasteiger partial charge in [0.25, 0.3) is 15.7 Å². The van der Waals surface area contributed by atoms with Crippen molar-refractivity contribution in [2.75, 3.05) is 11.3 Å². The number of carbonyl (C=O) groups excluding carboxylic acids is 1. The molecule has 1 heterocycles. The van der Waals surface area contributed by atoms with Crippen LogP contribution in [0.3, 0.4) is 0 Å². The van der Waals surface area contributed by atoms with Crippen LogP contribution in [0.25, 0.3) is 0 Å². The van der Waals surface area contributed by atoms with Gasteiger partial charge in [-0.3, -0.25) is 14.8 Å². The van der Waals surface area contributed by atoms with E-state index in [1.807, 2.05) is 0 Å². The van der Waals surface area contributed by atoms with E-state index in [2.05, 4.69) is 4.72 Å². The number of nitrogens with one attached hydrogen (secondary N) is 1. The Hall–Kier alpha value is -2.46. The Balaban J connectivity index is 2.04. The van der Waals surface area contributed by atoms with Crippen LogP contribution in [-0.4, -0.2) is 25.9 Å². The molecule has 1 N–H and O–H groups in total. The number of nitrogens with zero attached hydrogens (tertiary/aromatic N) is 1. The molecule has 1 aromatic heterocycles. The molecule has 1 aliphatic rings. The Kier molecular flexibility index (Phi) is 4.97. The summed E-state index contributed by atoms with van der Waals surface area (Å²) >= 11 is 1.18. The Morgan fingerprint density at radius 3 is 2.77 bits per heavy atom. The third-order valence-electron chi connectivity index (χ3n) is 3.98. The predicted octanol–water partition coefficient (Wildman–Crippen LogP) is 3.12. The van der Waals surface area contributed by atoms with Gasteiger partial charge >= 0.3 is 5.97 Å². The fraction of sp³-hybridized carbons (Fsp3) is 0.312. The third kappa shape index (κ3) is 3.29. The topological polar surface area (TPSA) is 116 Å². The first-order valence-corrected chi connectivity index (χ1v) is 10.2. The number of aryl methyl sites for hydroxylation is 1. The lowest BCUT2D eigenvalue weighted by atomic mass is 10.1. The molecular formula is C16H16N2O6S2. The van der Waals surface area contributed by atoms with E-state index in [1.165, 1.54) is 23.5 Å². The normalized spacial score (nSPS) is 13.3. The molecule has 3 rings (SSSR count). The van der Waals surface area contributed by atoms with Crippen molar-refractivity contribution in [3.8, 4) is 0 Å². The monoisotopic (exact) mass is 396 g/mol. The number of sulfonamides is 1. The summed E-state index contributed by atoms with van der Waals surface area (Å²) in [7, 11) is -4.24. The molecule has 0 spiro atoms. The molecule has 8 nitrogen and oxygen atoms in total. The van der Waals surface area contributed by atoms with Gasteiger partial charge in [0.2, 0.25) is 0 Å². The highest BCUT2D eigenvalue weighted by Crippen LogP contribution is 2.40. The van der Waals surface area contributed by atoms with Gasteiger partial charge in [-0.15, -0.1) is 11.3 Å². The number of nitro benzene ring substituents is 1. The van der Waals surface area contributed by atoms with Gasteiger partial charge in [0.1, 0.15) is 5.00 Å². The van der Waals surface area contributed by atoms with Crippen LogP contribution in [0.15, 0.2) is 29.2 Å². The number of ether oxygens (including phenoxy) is 1. The molecule has 1 aromatic carbocycles. The first-order valence-electron chi connectivity index (χ1n) is 7.93. The van der Waals surface area contributed by atoms with Gasteiger partial charge < -0.3 is 4.74 Å². The summed E-state index contributed by atoms with van der Waals surface area (Å²) in [5.41, 5.74) is 0.488. The summed E-state index contributed by atoms with van der Waals surface area (Å²) in [5, 5.41) is 11.3. The molecule has 0 amide bonds. The van der Waals surface area contributed by atoms with Gasteiger partial charge in [0.15, 0.2) is 4.90 Å². The summed E-state index contributed by atoms with van der Waals surface area (Å²) in [4.78, 5) is 23.2. The average molecular weight is 396 g/mol. The lowest BCUT2D eigenvalue weighted by Gasteiger charge is -2.10. The van der Waals surface area contributed by atoms with E-state index in [9.17, 15) is 23.3 Å². The minimum Gasteiger partial charge on any atom is -0.462 e. The smallest absolute Gasteiger partial charge is 0.341 e. The third-order valence-corrected chi connectivity index (χ3v) is 6.71. The number of para-hydroxylation sites is 1.